The number of hydrogen-bond donors (Lipinski definition) is 2. The van der Waals surface area contributed by atoms with Crippen molar-refractivity contribution in [2.45, 2.75) is 18.8 Å². The van der Waals surface area contributed by atoms with Crippen molar-refractivity contribution in [2.75, 3.05) is 13.2 Å². The summed E-state index contributed by atoms with van der Waals surface area (Å²) < 4.78 is 45.1. The first-order chi connectivity index (χ1) is 10.8. The zero-order valence-electron chi connectivity index (χ0n) is 12.4. The SMILES string of the molecule is C=CCN[C@@](NC(=O)c1ccccc1)(C(=O)OCC)C(F)(F)F. The molecule has 8 heteroatoms. The van der Waals surface area contributed by atoms with E-state index < -0.39 is 23.7 Å². The average Bonchev–Trinajstić information content (AvgIpc) is 2.51. The van der Waals surface area contributed by atoms with Gasteiger partial charge >= 0.3 is 12.1 Å². The van der Waals surface area contributed by atoms with Crippen molar-refractivity contribution in [1.29, 1.82) is 0 Å². The van der Waals surface area contributed by atoms with Crippen LogP contribution in [0.15, 0.2) is 43.0 Å². The number of amides is 1. The molecule has 0 saturated carbocycles. The van der Waals surface area contributed by atoms with E-state index in [-0.39, 0.29) is 18.7 Å². The lowest BCUT2D eigenvalue weighted by molar-refractivity contribution is -0.218. The lowest BCUT2D eigenvalue weighted by atomic mass is 10.1. The quantitative estimate of drug-likeness (QED) is 0.456. The predicted octanol–water partition coefficient (Wildman–Crippen LogP) is 2.01. The Balaban J connectivity index is 3.22. The second kappa shape index (κ2) is 7.77. The van der Waals surface area contributed by atoms with Gasteiger partial charge in [-0.05, 0) is 19.1 Å². The summed E-state index contributed by atoms with van der Waals surface area (Å²) in [4.78, 5) is 24.0. The van der Waals surface area contributed by atoms with Crippen molar-refractivity contribution in [2.24, 2.45) is 0 Å². The number of halogens is 3. The van der Waals surface area contributed by atoms with Gasteiger partial charge in [-0.1, -0.05) is 24.3 Å². The molecule has 1 rings (SSSR count). The van der Waals surface area contributed by atoms with Crippen LogP contribution in [-0.4, -0.2) is 36.9 Å². The first-order valence-corrected chi connectivity index (χ1v) is 6.76. The van der Waals surface area contributed by atoms with E-state index in [1.165, 1.54) is 31.2 Å². The molecule has 126 valence electrons. The molecular weight excluding hydrogens is 313 g/mol. The van der Waals surface area contributed by atoms with E-state index in [0.29, 0.717) is 0 Å². The molecule has 0 spiro atoms. The summed E-state index contributed by atoms with van der Waals surface area (Å²) in [6, 6.07) is 7.25. The highest BCUT2D eigenvalue weighted by molar-refractivity contribution is 5.98. The van der Waals surface area contributed by atoms with Crippen molar-refractivity contribution in [1.82, 2.24) is 10.6 Å². The number of carbonyl (C=O) groups excluding carboxylic acids is 2. The van der Waals surface area contributed by atoms with E-state index in [1.807, 2.05) is 5.32 Å². The zero-order valence-corrected chi connectivity index (χ0v) is 12.4. The van der Waals surface area contributed by atoms with Gasteiger partial charge in [-0.25, -0.2) is 4.79 Å². The van der Waals surface area contributed by atoms with Crippen LogP contribution in [0.4, 0.5) is 13.2 Å². The first-order valence-electron chi connectivity index (χ1n) is 6.76. The molecule has 1 atom stereocenters. The summed E-state index contributed by atoms with van der Waals surface area (Å²) >= 11 is 0. The second-order valence-electron chi connectivity index (χ2n) is 4.46. The minimum Gasteiger partial charge on any atom is -0.463 e. The van der Waals surface area contributed by atoms with Gasteiger partial charge in [-0.2, -0.15) is 13.2 Å². The molecule has 0 heterocycles. The number of carbonyl (C=O) groups is 2. The number of nitrogens with one attached hydrogen (secondary N) is 2. The first kappa shape index (κ1) is 18.7. The lowest BCUT2D eigenvalue weighted by Crippen LogP contribution is -2.72. The van der Waals surface area contributed by atoms with Crippen molar-refractivity contribution < 1.29 is 27.5 Å². The molecule has 1 amide bonds. The largest absolute Gasteiger partial charge is 0.463 e. The molecule has 0 aliphatic carbocycles. The summed E-state index contributed by atoms with van der Waals surface area (Å²) in [7, 11) is 0. The third-order valence-electron chi connectivity index (χ3n) is 2.86. The maximum absolute atomic E-state index is 13.5. The monoisotopic (exact) mass is 330 g/mol. The molecule has 0 aliphatic heterocycles. The fraction of sp³-hybridized carbons (Fsp3) is 0.333. The van der Waals surface area contributed by atoms with Crippen LogP contribution in [-0.2, 0) is 9.53 Å². The van der Waals surface area contributed by atoms with Crippen LogP contribution in [0.5, 0.6) is 0 Å². The lowest BCUT2D eigenvalue weighted by Gasteiger charge is -2.34. The molecule has 0 radical (unpaired) electrons. The summed E-state index contributed by atoms with van der Waals surface area (Å²) in [5, 5.41) is 3.67. The van der Waals surface area contributed by atoms with Crippen LogP contribution in [0, 0.1) is 0 Å². The number of hydrogen-bond acceptors (Lipinski definition) is 4. The Morgan fingerprint density at radius 3 is 2.35 bits per heavy atom. The van der Waals surface area contributed by atoms with Crippen LogP contribution >= 0.6 is 0 Å². The Labute approximate surface area is 131 Å². The molecule has 23 heavy (non-hydrogen) atoms. The van der Waals surface area contributed by atoms with Crippen molar-refractivity contribution >= 4 is 11.9 Å². The van der Waals surface area contributed by atoms with Crippen LogP contribution in [0.2, 0.25) is 0 Å². The summed E-state index contributed by atoms with van der Waals surface area (Å²) in [5.41, 5.74) is -3.38. The van der Waals surface area contributed by atoms with Gasteiger partial charge in [0.15, 0.2) is 0 Å². The Hall–Kier alpha value is -2.35. The number of rotatable bonds is 7. The standard InChI is InChI=1S/C15H17F3N2O3/c1-3-10-19-14(15(16,17)18,13(22)23-4-2)20-12(21)11-8-6-5-7-9-11/h3,5-9,19H,1,4,10H2,2H3,(H,20,21)/t14-/m1/s1. The van der Waals surface area contributed by atoms with E-state index in [2.05, 4.69) is 11.3 Å². The van der Waals surface area contributed by atoms with E-state index in [0.717, 1.165) is 6.08 Å². The minimum atomic E-state index is -5.12. The van der Waals surface area contributed by atoms with E-state index in [4.69, 9.17) is 0 Å². The molecule has 5 nitrogen and oxygen atoms in total. The Morgan fingerprint density at radius 2 is 1.87 bits per heavy atom. The van der Waals surface area contributed by atoms with Crippen molar-refractivity contribution in [3.05, 3.63) is 48.6 Å². The Morgan fingerprint density at radius 1 is 1.26 bits per heavy atom. The molecule has 2 N–H and O–H groups in total. The van der Waals surface area contributed by atoms with E-state index in [9.17, 15) is 22.8 Å². The Kier molecular flexibility index (Phi) is 6.32. The molecule has 0 aromatic heterocycles. The van der Waals surface area contributed by atoms with Crippen LogP contribution in [0.25, 0.3) is 0 Å². The van der Waals surface area contributed by atoms with Gasteiger partial charge in [0.05, 0.1) is 6.61 Å². The summed E-state index contributed by atoms with van der Waals surface area (Å²) in [6.07, 6.45) is -3.99. The summed E-state index contributed by atoms with van der Waals surface area (Å²) in [5.74, 6) is -2.70. The number of ether oxygens (including phenoxy) is 1. The van der Waals surface area contributed by atoms with Gasteiger partial charge < -0.3 is 10.1 Å². The third kappa shape index (κ3) is 4.32. The molecule has 1 aromatic carbocycles. The van der Waals surface area contributed by atoms with Crippen LogP contribution < -0.4 is 10.6 Å². The fourth-order valence-corrected chi connectivity index (χ4v) is 1.75. The highest BCUT2D eigenvalue weighted by atomic mass is 19.4. The molecule has 0 bridgehead atoms. The topological polar surface area (TPSA) is 67.4 Å². The van der Waals surface area contributed by atoms with Crippen LogP contribution in [0.1, 0.15) is 17.3 Å². The maximum Gasteiger partial charge on any atom is 0.436 e. The highest BCUT2D eigenvalue weighted by Crippen LogP contribution is 2.30. The zero-order chi connectivity index (χ0) is 17.5. The number of alkyl halides is 3. The third-order valence-corrected chi connectivity index (χ3v) is 2.86. The summed E-state index contributed by atoms with van der Waals surface area (Å²) in [6.45, 7) is 4.02. The molecular formula is C15H17F3N2O3. The normalized spacial score (nSPS) is 13.7. The van der Waals surface area contributed by atoms with E-state index in [1.54, 1.807) is 11.4 Å². The fourth-order valence-electron chi connectivity index (χ4n) is 1.75. The molecule has 0 saturated heterocycles. The van der Waals surface area contributed by atoms with Gasteiger partial charge in [0, 0.05) is 12.1 Å². The van der Waals surface area contributed by atoms with Crippen molar-refractivity contribution in [3.63, 3.8) is 0 Å². The molecule has 0 fully saturated rings. The average molecular weight is 330 g/mol. The maximum atomic E-state index is 13.5. The van der Waals surface area contributed by atoms with Crippen LogP contribution in [0.3, 0.4) is 0 Å². The van der Waals surface area contributed by atoms with E-state index >= 15 is 0 Å². The molecule has 0 unspecified atom stereocenters. The highest BCUT2D eigenvalue weighted by Gasteiger charge is 2.62. The predicted molar refractivity (Wildman–Crippen MR) is 77.5 cm³/mol. The van der Waals surface area contributed by atoms with Gasteiger partial charge in [0.1, 0.15) is 0 Å². The number of esters is 1. The molecule has 1 aromatic rings. The second-order valence-corrected chi connectivity index (χ2v) is 4.46. The minimum absolute atomic E-state index is 0.0224. The smallest absolute Gasteiger partial charge is 0.436 e. The number of benzene rings is 1. The molecule has 0 aliphatic rings. The van der Waals surface area contributed by atoms with Gasteiger partial charge in [0.25, 0.3) is 11.6 Å². The van der Waals surface area contributed by atoms with Gasteiger partial charge in [-0.15, -0.1) is 6.58 Å². The van der Waals surface area contributed by atoms with Gasteiger partial charge in [-0.3, -0.25) is 10.1 Å². The Bertz CT molecular complexity index is 561. The van der Waals surface area contributed by atoms with Crippen molar-refractivity contribution in [3.8, 4) is 0 Å². The van der Waals surface area contributed by atoms with Gasteiger partial charge in [0.2, 0.25) is 0 Å².